The fraction of sp³-hybridized carbons (Fsp3) is 0.464. The molecular formula is C28H33N3O3. The first-order chi connectivity index (χ1) is 16.3. The molecule has 1 saturated carbocycles. The zero-order chi connectivity index (χ0) is 23.8. The second-order valence-corrected chi connectivity index (χ2v) is 11.0. The smallest absolute Gasteiger partial charge is 0.335 e. The van der Waals surface area contributed by atoms with Gasteiger partial charge in [-0.05, 0) is 59.6 Å². The van der Waals surface area contributed by atoms with E-state index in [0.717, 1.165) is 37.2 Å². The minimum Gasteiger partial charge on any atom is -0.496 e. The van der Waals surface area contributed by atoms with Crippen molar-refractivity contribution in [3.8, 4) is 5.75 Å². The molecule has 6 heteroatoms. The largest absolute Gasteiger partial charge is 0.496 e. The van der Waals surface area contributed by atoms with Gasteiger partial charge in [-0.3, -0.25) is 9.80 Å². The quantitative estimate of drug-likeness (QED) is 0.579. The number of aromatic carboxylic acids is 1. The number of nitrogens with one attached hydrogen (secondary N) is 1. The van der Waals surface area contributed by atoms with E-state index >= 15 is 0 Å². The van der Waals surface area contributed by atoms with Crippen molar-refractivity contribution in [2.24, 2.45) is 17.3 Å². The molecule has 3 heterocycles. The third kappa shape index (κ3) is 3.19. The van der Waals surface area contributed by atoms with Gasteiger partial charge in [0.05, 0.1) is 12.7 Å². The summed E-state index contributed by atoms with van der Waals surface area (Å²) in [5, 5.41) is 10.6. The van der Waals surface area contributed by atoms with E-state index in [0.29, 0.717) is 17.0 Å². The van der Waals surface area contributed by atoms with Crippen LogP contribution in [0.5, 0.6) is 5.75 Å². The number of piperazine rings is 1. The molecule has 2 aromatic carbocycles. The van der Waals surface area contributed by atoms with E-state index in [-0.39, 0.29) is 6.04 Å². The van der Waals surface area contributed by atoms with Crippen molar-refractivity contribution in [1.29, 1.82) is 0 Å². The van der Waals surface area contributed by atoms with Gasteiger partial charge in [0.25, 0.3) is 0 Å². The molecule has 178 valence electrons. The monoisotopic (exact) mass is 459 g/mol. The first kappa shape index (κ1) is 21.7. The van der Waals surface area contributed by atoms with Crippen LogP contribution in [-0.2, 0) is 6.54 Å². The number of nitrogens with zero attached hydrogens (tertiary/aromatic N) is 2. The van der Waals surface area contributed by atoms with Gasteiger partial charge in [-0.15, -0.1) is 0 Å². The molecule has 1 aliphatic carbocycles. The predicted molar refractivity (Wildman–Crippen MR) is 132 cm³/mol. The molecule has 6 nitrogen and oxygen atoms in total. The van der Waals surface area contributed by atoms with Gasteiger partial charge in [0.1, 0.15) is 5.75 Å². The highest BCUT2D eigenvalue weighted by molar-refractivity contribution is 5.88. The number of benzene rings is 2. The Balaban J connectivity index is 1.38. The minimum atomic E-state index is -0.881. The van der Waals surface area contributed by atoms with Crippen LogP contribution >= 0.6 is 0 Å². The average molecular weight is 460 g/mol. The van der Waals surface area contributed by atoms with Crippen LogP contribution in [0.1, 0.15) is 46.9 Å². The normalized spacial score (nSPS) is 28.0. The summed E-state index contributed by atoms with van der Waals surface area (Å²) >= 11 is 0. The molecule has 3 aliphatic rings. The third-order valence-electron chi connectivity index (χ3n) is 8.96. The molecule has 6 rings (SSSR count). The Hall–Kier alpha value is -2.83. The number of aromatic nitrogens is 1. The highest BCUT2D eigenvalue weighted by atomic mass is 16.5. The summed E-state index contributed by atoms with van der Waals surface area (Å²) in [6.45, 7) is 10.9. The van der Waals surface area contributed by atoms with E-state index < -0.39 is 5.97 Å². The molecule has 1 aromatic heterocycles. The maximum absolute atomic E-state index is 11.4. The number of aromatic amines is 1. The second kappa shape index (κ2) is 7.59. The van der Waals surface area contributed by atoms with Crippen LogP contribution in [0, 0.1) is 24.2 Å². The Morgan fingerprint density at radius 1 is 1.18 bits per heavy atom. The van der Waals surface area contributed by atoms with Crippen molar-refractivity contribution < 1.29 is 14.6 Å². The van der Waals surface area contributed by atoms with Gasteiger partial charge in [-0.1, -0.05) is 26.0 Å². The molecule has 2 aliphatic heterocycles. The Bertz CT molecular complexity index is 1260. The van der Waals surface area contributed by atoms with Crippen LogP contribution in [0.4, 0.5) is 0 Å². The lowest BCUT2D eigenvalue weighted by molar-refractivity contribution is 0.0209. The van der Waals surface area contributed by atoms with Gasteiger partial charge in [0.2, 0.25) is 0 Å². The number of carboxylic acids is 1. The van der Waals surface area contributed by atoms with Gasteiger partial charge in [-0.25, -0.2) is 4.79 Å². The molecular weight excluding hydrogens is 426 g/mol. The minimum absolute atomic E-state index is 0.208. The first-order valence-corrected chi connectivity index (χ1v) is 12.2. The van der Waals surface area contributed by atoms with Crippen molar-refractivity contribution in [2.45, 2.75) is 39.4 Å². The number of carbonyl (C=O) groups is 1. The van der Waals surface area contributed by atoms with E-state index in [1.807, 2.05) is 18.3 Å². The van der Waals surface area contributed by atoms with E-state index in [4.69, 9.17) is 4.74 Å². The molecule has 3 fully saturated rings. The molecule has 3 aromatic rings. The van der Waals surface area contributed by atoms with Gasteiger partial charge in [-0.2, -0.15) is 0 Å². The van der Waals surface area contributed by atoms with Crippen molar-refractivity contribution in [3.05, 3.63) is 64.8 Å². The van der Waals surface area contributed by atoms with Crippen molar-refractivity contribution in [3.63, 3.8) is 0 Å². The first-order valence-electron chi connectivity index (χ1n) is 12.2. The number of hydrogen-bond donors (Lipinski definition) is 2. The Morgan fingerprint density at radius 3 is 2.65 bits per heavy atom. The molecule has 4 atom stereocenters. The van der Waals surface area contributed by atoms with Crippen LogP contribution in [0.3, 0.4) is 0 Å². The van der Waals surface area contributed by atoms with Crippen molar-refractivity contribution >= 4 is 16.9 Å². The SMILES string of the molecule is COc1cc(C)c2[nH]ccc2c1CN1CC2C3C(CN2CC1c1ccc(C(=O)O)cc1)C3(C)C. The molecule has 34 heavy (non-hydrogen) atoms. The zero-order valence-corrected chi connectivity index (χ0v) is 20.3. The Morgan fingerprint density at radius 2 is 1.94 bits per heavy atom. The van der Waals surface area contributed by atoms with Gasteiger partial charge >= 0.3 is 5.97 Å². The number of hydrogen-bond acceptors (Lipinski definition) is 4. The number of ether oxygens (including phenoxy) is 1. The van der Waals surface area contributed by atoms with Crippen LogP contribution in [0.15, 0.2) is 42.6 Å². The fourth-order valence-corrected chi connectivity index (χ4v) is 6.98. The second-order valence-electron chi connectivity index (χ2n) is 11.0. The van der Waals surface area contributed by atoms with Crippen LogP contribution < -0.4 is 4.74 Å². The number of H-pyrrole nitrogens is 1. The van der Waals surface area contributed by atoms with Crippen LogP contribution in [-0.4, -0.2) is 58.6 Å². The number of piperidine rings is 1. The topological polar surface area (TPSA) is 68.8 Å². The Labute approximate surface area is 200 Å². The molecule has 0 bridgehead atoms. The van der Waals surface area contributed by atoms with Gasteiger partial charge in [0.15, 0.2) is 0 Å². The van der Waals surface area contributed by atoms with Crippen molar-refractivity contribution in [2.75, 3.05) is 26.7 Å². The fourth-order valence-electron chi connectivity index (χ4n) is 6.98. The average Bonchev–Trinajstić information content (AvgIpc) is 3.22. The maximum atomic E-state index is 11.4. The number of fused-ring (bicyclic) bond motifs is 4. The zero-order valence-electron chi connectivity index (χ0n) is 20.3. The Kier molecular flexibility index (Phi) is 4.84. The summed E-state index contributed by atoms with van der Waals surface area (Å²) in [6, 6.07) is 12.6. The number of rotatable bonds is 5. The summed E-state index contributed by atoms with van der Waals surface area (Å²) < 4.78 is 5.86. The molecule has 0 spiro atoms. The van der Waals surface area contributed by atoms with E-state index in [1.165, 1.54) is 34.1 Å². The summed E-state index contributed by atoms with van der Waals surface area (Å²) in [6.07, 6.45) is 2.01. The van der Waals surface area contributed by atoms with E-state index in [9.17, 15) is 9.90 Å². The third-order valence-corrected chi connectivity index (χ3v) is 8.96. The molecule has 2 saturated heterocycles. The van der Waals surface area contributed by atoms with Crippen LogP contribution in [0.2, 0.25) is 0 Å². The number of aryl methyl sites for hydroxylation is 1. The lowest BCUT2D eigenvalue weighted by Gasteiger charge is -2.46. The maximum Gasteiger partial charge on any atom is 0.335 e. The van der Waals surface area contributed by atoms with Crippen molar-refractivity contribution in [1.82, 2.24) is 14.8 Å². The molecule has 0 amide bonds. The van der Waals surface area contributed by atoms with Crippen LogP contribution in [0.25, 0.3) is 10.9 Å². The number of methoxy groups -OCH3 is 1. The predicted octanol–water partition coefficient (Wildman–Crippen LogP) is 4.70. The summed E-state index contributed by atoms with van der Waals surface area (Å²) in [5.74, 6) is 1.60. The molecule has 2 N–H and O–H groups in total. The lowest BCUT2D eigenvalue weighted by Crippen LogP contribution is -2.54. The number of carboxylic acid groups (broad SMARTS) is 1. The standard InChI is InChI=1S/C28H33N3O3/c1-16-11-24(34-4)20(19-9-10-29-26(16)19)12-30-15-23-25-21(28(25,2)3)13-31(23)14-22(30)17-5-7-18(8-6-17)27(32)33/h5-11,21-23,25,29H,12-15H2,1-4H3,(H,32,33). The molecule has 4 unspecified atom stereocenters. The highest BCUT2D eigenvalue weighted by Gasteiger charge is 2.67. The van der Waals surface area contributed by atoms with Gasteiger partial charge in [0, 0.05) is 60.9 Å². The van der Waals surface area contributed by atoms with Gasteiger partial charge < -0.3 is 14.8 Å². The lowest BCUT2D eigenvalue weighted by atomic mass is 9.93. The van der Waals surface area contributed by atoms with E-state index in [1.54, 1.807) is 19.2 Å². The highest BCUT2D eigenvalue weighted by Crippen LogP contribution is 2.65. The summed E-state index contributed by atoms with van der Waals surface area (Å²) in [5.41, 5.74) is 5.53. The summed E-state index contributed by atoms with van der Waals surface area (Å²) in [4.78, 5) is 20.1. The molecule has 0 radical (unpaired) electrons. The summed E-state index contributed by atoms with van der Waals surface area (Å²) in [7, 11) is 1.76. The van der Waals surface area contributed by atoms with E-state index in [2.05, 4.69) is 47.7 Å².